The Morgan fingerprint density at radius 2 is 1.67 bits per heavy atom. The van der Waals surface area contributed by atoms with E-state index in [2.05, 4.69) is 13.2 Å². The minimum Gasteiger partial charge on any atom is -0.344 e. The fraction of sp³-hybridized carbons (Fsp3) is 0.333. The van der Waals surface area contributed by atoms with Crippen molar-refractivity contribution < 1.29 is 9.46 Å². The predicted molar refractivity (Wildman–Crippen MR) is 40.0 cm³/mol. The molecular weight excluding hydrogens is 135 g/mol. The Balaban J connectivity index is 3.85. The average Bonchev–Trinajstić information content (AvgIpc) is 1.64. The van der Waals surface area contributed by atoms with E-state index in [9.17, 15) is 4.57 Å². The lowest BCUT2D eigenvalue weighted by Gasteiger charge is -2.03. The van der Waals surface area contributed by atoms with Crippen molar-refractivity contribution in [2.45, 2.75) is 0 Å². The van der Waals surface area contributed by atoms with Crippen LogP contribution < -0.4 is 0 Å². The molecule has 0 fully saturated rings. The predicted octanol–water partition coefficient (Wildman–Crippen LogP) is 1.63. The molecule has 9 heavy (non-hydrogen) atoms. The van der Waals surface area contributed by atoms with E-state index in [-0.39, 0.29) is 12.3 Å². The van der Waals surface area contributed by atoms with E-state index in [1.54, 1.807) is 0 Å². The molecule has 0 aromatic rings. The van der Waals surface area contributed by atoms with Crippen LogP contribution in [0.25, 0.3) is 0 Å². The van der Waals surface area contributed by atoms with Crippen LogP contribution in [0.15, 0.2) is 25.3 Å². The van der Waals surface area contributed by atoms with Crippen molar-refractivity contribution in [3.63, 3.8) is 0 Å². The van der Waals surface area contributed by atoms with Crippen LogP contribution in [-0.4, -0.2) is 17.2 Å². The first kappa shape index (κ1) is 8.67. The maximum atomic E-state index is 10.8. The van der Waals surface area contributed by atoms with Crippen molar-refractivity contribution in [2.24, 2.45) is 0 Å². The lowest BCUT2D eigenvalue weighted by atomic mass is 10.8. The molecule has 0 atom stereocenters. The molecule has 1 N–H and O–H groups in total. The van der Waals surface area contributed by atoms with Crippen LogP contribution in [0, 0.1) is 0 Å². The Morgan fingerprint density at radius 1 is 1.33 bits per heavy atom. The highest BCUT2D eigenvalue weighted by molar-refractivity contribution is 7.58. The Kier molecular flexibility index (Phi) is 3.52. The second-order valence-corrected chi connectivity index (χ2v) is 4.21. The smallest absolute Gasteiger partial charge is 0.207 e. The van der Waals surface area contributed by atoms with Crippen LogP contribution in [0.5, 0.6) is 0 Å². The molecule has 2 nitrogen and oxygen atoms in total. The second-order valence-electron chi connectivity index (χ2n) is 1.79. The molecule has 0 unspecified atom stereocenters. The molecule has 0 aliphatic carbocycles. The molecular formula is C6H11O2P. The van der Waals surface area contributed by atoms with E-state index in [4.69, 9.17) is 4.89 Å². The van der Waals surface area contributed by atoms with Gasteiger partial charge in [0.1, 0.15) is 0 Å². The molecule has 0 rings (SSSR count). The molecule has 3 heteroatoms. The van der Waals surface area contributed by atoms with E-state index in [0.717, 1.165) is 0 Å². The summed E-state index contributed by atoms with van der Waals surface area (Å²) in [6, 6.07) is 0. The van der Waals surface area contributed by atoms with E-state index < -0.39 is 7.37 Å². The molecule has 0 saturated carbocycles. The van der Waals surface area contributed by atoms with Gasteiger partial charge in [0.25, 0.3) is 0 Å². The zero-order chi connectivity index (χ0) is 7.33. The molecule has 0 aromatic heterocycles. The van der Waals surface area contributed by atoms with E-state index >= 15 is 0 Å². The summed E-state index contributed by atoms with van der Waals surface area (Å²) in [5.41, 5.74) is 0. The van der Waals surface area contributed by atoms with Gasteiger partial charge in [-0.25, -0.2) is 0 Å². The lowest BCUT2D eigenvalue weighted by molar-refractivity contribution is 0.485. The van der Waals surface area contributed by atoms with Gasteiger partial charge >= 0.3 is 0 Å². The Bertz CT molecular complexity index is 137. The Labute approximate surface area is 55.4 Å². The quantitative estimate of drug-likeness (QED) is 0.483. The largest absolute Gasteiger partial charge is 0.344 e. The van der Waals surface area contributed by atoms with Gasteiger partial charge in [0.2, 0.25) is 7.37 Å². The van der Waals surface area contributed by atoms with E-state index in [1.165, 1.54) is 12.2 Å². The monoisotopic (exact) mass is 146 g/mol. The minimum absolute atomic E-state index is 0.180. The molecule has 0 aliphatic rings. The van der Waals surface area contributed by atoms with Gasteiger partial charge in [-0.1, -0.05) is 12.2 Å². The van der Waals surface area contributed by atoms with Crippen LogP contribution in [0.1, 0.15) is 0 Å². The zero-order valence-corrected chi connectivity index (χ0v) is 6.18. The fourth-order valence-electron chi connectivity index (χ4n) is 0.478. The van der Waals surface area contributed by atoms with Gasteiger partial charge in [-0.05, 0) is 0 Å². The highest BCUT2D eigenvalue weighted by Gasteiger charge is 2.11. The summed E-state index contributed by atoms with van der Waals surface area (Å²) in [6.45, 7) is 6.72. The molecule has 0 spiro atoms. The first-order valence-corrected chi connectivity index (χ1v) is 4.68. The zero-order valence-electron chi connectivity index (χ0n) is 5.29. The van der Waals surface area contributed by atoms with Gasteiger partial charge in [-0.3, -0.25) is 4.57 Å². The topological polar surface area (TPSA) is 37.3 Å². The van der Waals surface area contributed by atoms with Gasteiger partial charge in [-0.15, -0.1) is 13.2 Å². The van der Waals surface area contributed by atoms with Crippen LogP contribution in [0.3, 0.4) is 0 Å². The summed E-state index contributed by atoms with van der Waals surface area (Å²) in [5, 5.41) is 0. The molecule has 0 radical (unpaired) electrons. The molecule has 0 amide bonds. The first-order valence-electron chi connectivity index (χ1n) is 2.65. The summed E-state index contributed by atoms with van der Waals surface area (Å²) < 4.78 is 10.8. The van der Waals surface area contributed by atoms with Gasteiger partial charge in [-0.2, -0.15) is 0 Å². The molecule has 0 heterocycles. The average molecular weight is 146 g/mol. The van der Waals surface area contributed by atoms with Crippen LogP contribution in [0.2, 0.25) is 0 Å². The van der Waals surface area contributed by atoms with Crippen molar-refractivity contribution in [2.75, 3.05) is 12.3 Å². The standard InChI is InChI=1S/C6H11O2P/c1-3-5-9(7,8)6-4-2/h3-4H,1-2,5-6H2,(H,7,8). The third-order valence-corrected chi connectivity index (χ3v) is 2.49. The third kappa shape index (κ3) is 4.19. The number of rotatable bonds is 4. The summed E-state index contributed by atoms with van der Waals surface area (Å²) in [4.78, 5) is 8.93. The van der Waals surface area contributed by atoms with E-state index in [0.29, 0.717) is 0 Å². The van der Waals surface area contributed by atoms with Crippen molar-refractivity contribution >= 4 is 7.37 Å². The Morgan fingerprint density at radius 3 is 1.89 bits per heavy atom. The molecule has 0 aliphatic heterocycles. The SMILES string of the molecule is C=CCP(=O)(O)CC=C. The number of hydrogen-bond acceptors (Lipinski definition) is 1. The molecule has 52 valence electrons. The van der Waals surface area contributed by atoms with Crippen LogP contribution in [-0.2, 0) is 4.57 Å². The third-order valence-electron chi connectivity index (χ3n) is 0.829. The maximum Gasteiger partial charge on any atom is 0.207 e. The van der Waals surface area contributed by atoms with Crippen LogP contribution in [0.4, 0.5) is 0 Å². The van der Waals surface area contributed by atoms with Crippen molar-refractivity contribution in [1.82, 2.24) is 0 Å². The highest BCUT2D eigenvalue weighted by atomic mass is 31.2. The molecule has 0 bridgehead atoms. The Hall–Kier alpha value is -0.330. The molecule has 0 aromatic carbocycles. The normalized spacial score (nSPS) is 10.8. The minimum atomic E-state index is -2.93. The maximum absolute atomic E-state index is 10.8. The van der Waals surface area contributed by atoms with Crippen LogP contribution >= 0.6 is 7.37 Å². The fourth-order valence-corrected chi connectivity index (χ4v) is 1.43. The summed E-state index contributed by atoms with van der Waals surface area (Å²) in [7, 11) is -2.93. The van der Waals surface area contributed by atoms with Crippen molar-refractivity contribution in [3.05, 3.63) is 25.3 Å². The van der Waals surface area contributed by atoms with Gasteiger partial charge in [0, 0.05) is 12.3 Å². The summed E-state index contributed by atoms with van der Waals surface area (Å²) >= 11 is 0. The van der Waals surface area contributed by atoms with Gasteiger partial charge < -0.3 is 4.89 Å². The van der Waals surface area contributed by atoms with Crippen molar-refractivity contribution in [3.8, 4) is 0 Å². The van der Waals surface area contributed by atoms with Crippen molar-refractivity contribution in [1.29, 1.82) is 0 Å². The van der Waals surface area contributed by atoms with Gasteiger partial charge in [0.05, 0.1) is 0 Å². The molecule has 0 saturated heterocycles. The second kappa shape index (κ2) is 3.65. The van der Waals surface area contributed by atoms with E-state index in [1.807, 2.05) is 0 Å². The first-order chi connectivity index (χ1) is 4.12. The lowest BCUT2D eigenvalue weighted by Crippen LogP contribution is -1.87. The summed E-state index contributed by atoms with van der Waals surface area (Å²) in [5.74, 6) is 0. The highest BCUT2D eigenvalue weighted by Crippen LogP contribution is 2.39. The summed E-state index contributed by atoms with van der Waals surface area (Å²) in [6.07, 6.45) is 3.26. The van der Waals surface area contributed by atoms with Gasteiger partial charge in [0.15, 0.2) is 0 Å². The number of hydrogen-bond donors (Lipinski definition) is 1. The number of allylic oxidation sites excluding steroid dienone is 2.